The largest absolute Gasteiger partial charge is 0.388 e. The number of ketones is 1. The lowest BCUT2D eigenvalue weighted by Gasteiger charge is -2.16. The molecule has 27 heavy (non-hydrogen) atoms. The average Bonchev–Trinajstić information content (AvgIpc) is 3.08. The number of nitrogens with zero attached hydrogens (tertiary/aromatic N) is 1. The summed E-state index contributed by atoms with van der Waals surface area (Å²) in [6, 6.07) is 13.5. The first-order valence-corrected chi connectivity index (χ1v) is 9.01. The molecule has 0 heterocycles. The Kier molecular flexibility index (Phi) is 5.72. The molecule has 0 saturated carbocycles. The summed E-state index contributed by atoms with van der Waals surface area (Å²) in [6.45, 7) is -0.481. The van der Waals surface area contributed by atoms with Gasteiger partial charge in [0.2, 0.25) is 0 Å². The Morgan fingerprint density at radius 2 is 1.93 bits per heavy atom. The number of hydrogen-bond donors (Lipinski definition) is 2. The summed E-state index contributed by atoms with van der Waals surface area (Å²) in [7, 11) is 3.93. The van der Waals surface area contributed by atoms with Gasteiger partial charge in [-0.05, 0) is 59.9 Å². The van der Waals surface area contributed by atoms with Gasteiger partial charge in [-0.25, -0.2) is 0 Å². The molecule has 2 N–H and O–H groups in total. The normalized spacial score (nSPS) is 15.6. The summed E-state index contributed by atoms with van der Waals surface area (Å²) >= 11 is 0. The Hall–Kier alpha value is -2.92. The van der Waals surface area contributed by atoms with Crippen LogP contribution in [0.5, 0.6) is 0 Å². The summed E-state index contributed by atoms with van der Waals surface area (Å²) < 4.78 is 0. The van der Waals surface area contributed by atoms with Crippen LogP contribution in [0, 0.1) is 0 Å². The zero-order valence-electron chi connectivity index (χ0n) is 15.6. The monoisotopic (exact) mass is 364 g/mol. The molecule has 3 rings (SSSR count). The Morgan fingerprint density at radius 1 is 1.19 bits per heavy atom. The molecule has 5 nitrogen and oxygen atoms in total. The maximum Gasteiger partial charge on any atom is 0.251 e. The number of nitrogens with one attached hydrogen (secondary N) is 1. The van der Waals surface area contributed by atoms with E-state index in [9.17, 15) is 9.59 Å². The highest BCUT2D eigenvalue weighted by molar-refractivity contribution is 5.95. The molecule has 0 fully saturated rings. The van der Waals surface area contributed by atoms with Crippen LogP contribution in [0.2, 0.25) is 0 Å². The van der Waals surface area contributed by atoms with Crippen LogP contribution < -0.4 is 10.2 Å². The number of rotatable bonds is 6. The number of carbonyl (C=O) groups excluding carboxylic acids is 2. The second-order valence-corrected chi connectivity index (χ2v) is 6.92. The molecular weight excluding hydrogens is 340 g/mol. The Morgan fingerprint density at radius 3 is 2.59 bits per heavy atom. The molecule has 2 aromatic rings. The number of aliphatic hydroxyl groups is 1. The predicted molar refractivity (Wildman–Crippen MR) is 107 cm³/mol. The fourth-order valence-electron chi connectivity index (χ4n) is 3.29. The predicted octanol–water partition coefficient (Wildman–Crippen LogP) is 2.74. The van der Waals surface area contributed by atoms with Crippen LogP contribution in [0.4, 0.5) is 5.69 Å². The Balaban J connectivity index is 1.69. The summed E-state index contributed by atoms with van der Waals surface area (Å²) in [5.74, 6) is -0.392. The highest BCUT2D eigenvalue weighted by Crippen LogP contribution is 2.32. The third-order valence-corrected chi connectivity index (χ3v) is 4.81. The van der Waals surface area contributed by atoms with Crippen molar-refractivity contribution in [3.8, 4) is 0 Å². The Bertz CT molecular complexity index is 870. The van der Waals surface area contributed by atoms with Crippen molar-refractivity contribution in [2.24, 2.45) is 0 Å². The van der Waals surface area contributed by atoms with E-state index in [0.29, 0.717) is 5.56 Å². The topological polar surface area (TPSA) is 69.6 Å². The van der Waals surface area contributed by atoms with Crippen molar-refractivity contribution in [1.29, 1.82) is 0 Å². The van der Waals surface area contributed by atoms with Crippen LogP contribution in [-0.2, 0) is 11.2 Å². The summed E-state index contributed by atoms with van der Waals surface area (Å²) in [4.78, 5) is 25.8. The number of fused-ring (bicyclic) bond motifs is 1. The fraction of sp³-hybridized carbons (Fsp3) is 0.273. The van der Waals surface area contributed by atoms with Crippen LogP contribution in [0.1, 0.15) is 39.5 Å². The van der Waals surface area contributed by atoms with Gasteiger partial charge >= 0.3 is 0 Å². The first-order chi connectivity index (χ1) is 13.0. The lowest BCUT2D eigenvalue weighted by molar-refractivity contribution is -0.117. The van der Waals surface area contributed by atoms with E-state index in [2.05, 4.69) is 5.32 Å². The molecule has 1 aliphatic rings. The molecule has 0 radical (unpaired) electrons. The summed E-state index contributed by atoms with van der Waals surface area (Å²) in [5, 5.41) is 11.9. The van der Waals surface area contributed by atoms with Crippen LogP contribution in [0.15, 0.2) is 48.5 Å². The summed E-state index contributed by atoms with van der Waals surface area (Å²) in [6.07, 6.45) is 4.83. The van der Waals surface area contributed by atoms with Gasteiger partial charge in [-0.3, -0.25) is 9.59 Å². The molecule has 1 unspecified atom stereocenters. The number of benzene rings is 2. The van der Waals surface area contributed by atoms with E-state index in [1.165, 1.54) is 11.6 Å². The number of aliphatic hydroxyl groups excluding tert-OH is 1. The smallest absolute Gasteiger partial charge is 0.251 e. The van der Waals surface area contributed by atoms with Crippen molar-refractivity contribution in [1.82, 2.24) is 5.32 Å². The van der Waals surface area contributed by atoms with Crippen LogP contribution in [0.3, 0.4) is 0 Å². The molecule has 0 bridgehead atoms. The van der Waals surface area contributed by atoms with E-state index in [4.69, 9.17) is 5.11 Å². The molecular formula is C22H24N2O3. The molecule has 0 spiro atoms. The number of hydrogen-bond acceptors (Lipinski definition) is 4. The number of anilines is 1. The van der Waals surface area contributed by atoms with Crippen molar-refractivity contribution in [2.75, 3.05) is 25.6 Å². The third-order valence-electron chi connectivity index (χ3n) is 4.81. The van der Waals surface area contributed by atoms with Crippen molar-refractivity contribution >= 4 is 23.5 Å². The number of carbonyl (C=O) groups is 2. The van der Waals surface area contributed by atoms with Crippen LogP contribution in [-0.4, -0.2) is 37.5 Å². The molecule has 1 amide bonds. The standard InChI is InChI=1S/C22H24N2O3/c1-24(2)18-8-5-16(6-9-18)22(27)23-21-12-7-17-13-15(4-11-20(17)21)3-10-19(26)14-25/h3-6,8-11,13,21,25H,7,12,14H2,1-2H3,(H,23,27)/b10-3+. The molecule has 1 aliphatic carbocycles. The van der Waals surface area contributed by atoms with Gasteiger partial charge in [0.05, 0.1) is 6.04 Å². The van der Waals surface area contributed by atoms with E-state index >= 15 is 0 Å². The first kappa shape index (κ1) is 18.9. The SMILES string of the molecule is CN(C)c1ccc(C(=O)NC2CCc3cc(/C=C/C(=O)CO)ccc32)cc1. The lowest BCUT2D eigenvalue weighted by atomic mass is 10.0. The second kappa shape index (κ2) is 8.18. The highest BCUT2D eigenvalue weighted by Gasteiger charge is 2.24. The van der Waals surface area contributed by atoms with Gasteiger partial charge in [0.15, 0.2) is 5.78 Å². The fourth-order valence-corrected chi connectivity index (χ4v) is 3.29. The highest BCUT2D eigenvalue weighted by atomic mass is 16.3. The van der Waals surface area contributed by atoms with Gasteiger partial charge in [-0.1, -0.05) is 24.3 Å². The van der Waals surface area contributed by atoms with E-state index in [-0.39, 0.29) is 17.7 Å². The molecule has 2 aromatic carbocycles. The minimum Gasteiger partial charge on any atom is -0.388 e. The minimum atomic E-state index is -0.481. The molecule has 0 saturated heterocycles. The van der Waals surface area contributed by atoms with Crippen LogP contribution >= 0.6 is 0 Å². The van der Waals surface area contributed by atoms with E-state index < -0.39 is 6.61 Å². The van der Waals surface area contributed by atoms with E-state index in [1.807, 2.05) is 61.5 Å². The average molecular weight is 364 g/mol. The summed E-state index contributed by atoms with van der Waals surface area (Å²) in [5.41, 5.74) is 4.93. The zero-order valence-corrected chi connectivity index (χ0v) is 15.6. The van der Waals surface area contributed by atoms with Gasteiger partial charge in [-0.2, -0.15) is 0 Å². The first-order valence-electron chi connectivity index (χ1n) is 9.01. The zero-order chi connectivity index (χ0) is 19.4. The quantitative estimate of drug-likeness (QED) is 0.774. The lowest BCUT2D eigenvalue weighted by Crippen LogP contribution is -2.27. The Labute approximate surface area is 159 Å². The molecule has 5 heteroatoms. The van der Waals surface area contributed by atoms with Gasteiger partial charge in [0, 0.05) is 25.3 Å². The second-order valence-electron chi connectivity index (χ2n) is 6.92. The maximum atomic E-state index is 12.6. The van der Waals surface area contributed by atoms with Gasteiger partial charge < -0.3 is 15.3 Å². The molecule has 0 aliphatic heterocycles. The van der Waals surface area contributed by atoms with Gasteiger partial charge in [-0.15, -0.1) is 0 Å². The van der Waals surface area contributed by atoms with Gasteiger partial charge in [0.25, 0.3) is 5.91 Å². The maximum absolute atomic E-state index is 12.6. The molecule has 0 aromatic heterocycles. The number of amides is 1. The van der Waals surface area contributed by atoms with Crippen molar-refractivity contribution in [3.63, 3.8) is 0 Å². The van der Waals surface area contributed by atoms with E-state index in [0.717, 1.165) is 29.7 Å². The van der Waals surface area contributed by atoms with Crippen LogP contribution in [0.25, 0.3) is 6.08 Å². The van der Waals surface area contributed by atoms with Gasteiger partial charge in [0.1, 0.15) is 6.61 Å². The van der Waals surface area contributed by atoms with Crippen molar-refractivity contribution in [3.05, 3.63) is 70.8 Å². The van der Waals surface area contributed by atoms with E-state index in [1.54, 1.807) is 6.08 Å². The van der Waals surface area contributed by atoms with Crippen molar-refractivity contribution in [2.45, 2.75) is 18.9 Å². The third kappa shape index (κ3) is 4.44. The molecule has 1 atom stereocenters. The molecule has 140 valence electrons. The van der Waals surface area contributed by atoms with Crippen molar-refractivity contribution < 1.29 is 14.7 Å². The number of aryl methyl sites for hydroxylation is 1. The minimum absolute atomic E-state index is 0.00173.